The lowest BCUT2D eigenvalue weighted by Gasteiger charge is -2.30. The number of nitrogens with one attached hydrogen (secondary N) is 1. The van der Waals surface area contributed by atoms with Gasteiger partial charge in [-0.15, -0.1) is 5.10 Å². The molecule has 4 aromatic rings. The van der Waals surface area contributed by atoms with Gasteiger partial charge in [-0.25, -0.2) is 4.98 Å². The Hall–Kier alpha value is -3.98. The number of hydrogen-bond donors (Lipinski definition) is 2. The fourth-order valence-electron chi connectivity index (χ4n) is 3.73. The van der Waals surface area contributed by atoms with Crippen LogP contribution in [0.2, 0.25) is 0 Å². The van der Waals surface area contributed by atoms with Gasteiger partial charge in [-0.3, -0.25) is 10.1 Å². The maximum atomic E-state index is 11.1. The molecule has 0 amide bonds. The molecule has 2 aromatic heterocycles. The molecule has 2 aromatic carbocycles. The second-order valence-corrected chi connectivity index (χ2v) is 6.94. The van der Waals surface area contributed by atoms with E-state index < -0.39 is 4.92 Å². The number of imidazole rings is 1. The zero-order valence-electron chi connectivity index (χ0n) is 15.9. The normalized spacial score (nSPS) is 12.5. The van der Waals surface area contributed by atoms with Crippen LogP contribution in [-0.2, 0) is 6.54 Å². The number of nitrogens with zero attached hydrogens (tertiary/aromatic N) is 5. The van der Waals surface area contributed by atoms with E-state index in [1.165, 1.54) is 12.1 Å². The molecule has 0 fully saturated rings. The monoisotopic (exact) mass is 402 g/mol. The van der Waals surface area contributed by atoms with Crippen molar-refractivity contribution in [1.82, 2.24) is 14.6 Å². The number of fused-ring (bicyclic) bond motifs is 5. The Bertz CT molecular complexity index is 1250. The molecule has 0 spiro atoms. The maximum absolute atomic E-state index is 11.1. The molecule has 0 saturated heterocycles. The van der Waals surface area contributed by atoms with E-state index in [1.54, 1.807) is 16.6 Å². The topological polar surface area (TPSA) is 109 Å². The van der Waals surface area contributed by atoms with Crippen molar-refractivity contribution in [3.8, 4) is 11.3 Å². The second kappa shape index (κ2) is 7.12. The Morgan fingerprint density at radius 2 is 1.90 bits per heavy atom. The predicted molar refractivity (Wildman–Crippen MR) is 113 cm³/mol. The van der Waals surface area contributed by atoms with E-state index in [0.717, 1.165) is 28.3 Å². The van der Waals surface area contributed by atoms with Crippen LogP contribution in [-0.4, -0.2) is 37.8 Å². The van der Waals surface area contributed by atoms with Crippen molar-refractivity contribution in [3.63, 3.8) is 0 Å². The predicted octanol–water partition coefficient (Wildman–Crippen LogP) is 3.36. The van der Waals surface area contributed by atoms with Crippen LogP contribution in [0.3, 0.4) is 0 Å². The average Bonchev–Trinajstić information content (AvgIpc) is 3.16. The number of benzene rings is 2. The number of aliphatic hydroxyl groups is 1. The number of nitro benzene ring substituents is 1. The zero-order valence-corrected chi connectivity index (χ0v) is 15.9. The molecule has 30 heavy (non-hydrogen) atoms. The summed E-state index contributed by atoms with van der Waals surface area (Å²) >= 11 is 0. The molecule has 5 rings (SSSR count). The Kier molecular flexibility index (Phi) is 4.29. The summed E-state index contributed by atoms with van der Waals surface area (Å²) in [5, 5.41) is 27.9. The molecule has 1 aliphatic rings. The highest BCUT2D eigenvalue weighted by Crippen LogP contribution is 2.42. The summed E-state index contributed by atoms with van der Waals surface area (Å²) in [5.41, 5.74) is 4.52. The van der Waals surface area contributed by atoms with Gasteiger partial charge in [0, 0.05) is 29.9 Å². The highest BCUT2D eigenvalue weighted by atomic mass is 16.6. The molecule has 1 aliphatic heterocycles. The first-order chi connectivity index (χ1) is 14.7. The van der Waals surface area contributed by atoms with Crippen molar-refractivity contribution in [2.24, 2.45) is 0 Å². The molecule has 9 nitrogen and oxygen atoms in total. The average molecular weight is 402 g/mol. The number of anilines is 3. The third kappa shape index (κ3) is 2.92. The maximum Gasteiger partial charge on any atom is 0.269 e. The van der Waals surface area contributed by atoms with Crippen molar-refractivity contribution in [1.29, 1.82) is 0 Å². The minimum absolute atomic E-state index is 0.00402. The van der Waals surface area contributed by atoms with Crippen LogP contribution in [0.15, 0.2) is 60.7 Å². The van der Waals surface area contributed by atoms with Crippen LogP contribution in [0.5, 0.6) is 0 Å². The molecule has 0 unspecified atom stereocenters. The summed E-state index contributed by atoms with van der Waals surface area (Å²) in [6.45, 7) is 0.985. The van der Waals surface area contributed by atoms with Crippen LogP contribution in [0.4, 0.5) is 23.0 Å². The first kappa shape index (κ1) is 18.1. The van der Waals surface area contributed by atoms with Crippen molar-refractivity contribution in [2.75, 3.05) is 23.4 Å². The van der Waals surface area contributed by atoms with E-state index in [2.05, 4.69) is 21.4 Å². The molecule has 150 valence electrons. The summed E-state index contributed by atoms with van der Waals surface area (Å²) in [6.07, 6.45) is 0. The fourth-order valence-corrected chi connectivity index (χ4v) is 3.73. The van der Waals surface area contributed by atoms with Crippen LogP contribution < -0.4 is 10.2 Å². The molecule has 0 saturated carbocycles. The molecule has 0 atom stereocenters. The SMILES string of the molecule is O=[N+]([O-])c1ccc(N2Cc3ccccc3-c3nc4ccc(NCCO)nn4c32)cc1. The van der Waals surface area contributed by atoms with Gasteiger partial charge in [-0.1, -0.05) is 24.3 Å². The van der Waals surface area contributed by atoms with E-state index in [-0.39, 0.29) is 12.3 Å². The quantitative estimate of drug-likeness (QED) is 0.389. The van der Waals surface area contributed by atoms with Crippen molar-refractivity contribution in [2.45, 2.75) is 6.54 Å². The summed E-state index contributed by atoms with van der Waals surface area (Å²) in [4.78, 5) is 17.5. The second-order valence-electron chi connectivity index (χ2n) is 6.94. The van der Waals surface area contributed by atoms with E-state index in [1.807, 2.05) is 30.3 Å². The molecule has 0 bridgehead atoms. The summed E-state index contributed by atoms with van der Waals surface area (Å²) in [7, 11) is 0. The molecule has 0 aliphatic carbocycles. The van der Waals surface area contributed by atoms with Crippen molar-refractivity contribution in [3.05, 3.63) is 76.3 Å². The van der Waals surface area contributed by atoms with Crippen LogP contribution in [0.25, 0.3) is 16.9 Å². The van der Waals surface area contributed by atoms with Gasteiger partial charge in [0.2, 0.25) is 0 Å². The van der Waals surface area contributed by atoms with Gasteiger partial charge < -0.3 is 15.3 Å². The minimum atomic E-state index is -0.407. The lowest BCUT2D eigenvalue weighted by atomic mass is 9.99. The Morgan fingerprint density at radius 3 is 2.67 bits per heavy atom. The number of hydrogen-bond acceptors (Lipinski definition) is 7. The van der Waals surface area contributed by atoms with Crippen molar-refractivity contribution < 1.29 is 10.0 Å². The first-order valence-electron chi connectivity index (χ1n) is 9.50. The molecule has 3 heterocycles. The van der Waals surface area contributed by atoms with Gasteiger partial charge in [0.25, 0.3) is 5.69 Å². The van der Waals surface area contributed by atoms with Gasteiger partial charge in [0.05, 0.1) is 18.1 Å². The first-order valence-corrected chi connectivity index (χ1v) is 9.50. The standard InChI is InChI=1S/C21H18N6O3/c28-12-11-22-18-9-10-19-23-20-17-4-2-1-3-14(17)13-25(21(20)26(19)24-18)15-5-7-16(8-6-15)27(29)30/h1-10,28H,11-13H2,(H,22,24). The highest BCUT2D eigenvalue weighted by molar-refractivity contribution is 5.85. The Morgan fingerprint density at radius 1 is 1.10 bits per heavy atom. The number of aliphatic hydroxyl groups excluding tert-OH is 1. The van der Waals surface area contributed by atoms with E-state index >= 15 is 0 Å². The molecule has 9 heteroatoms. The summed E-state index contributed by atoms with van der Waals surface area (Å²) in [5.74, 6) is 1.42. The van der Waals surface area contributed by atoms with Gasteiger partial charge in [-0.2, -0.15) is 4.52 Å². The third-order valence-electron chi connectivity index (χ3n) is 5.10. The summed E-state index contributed by atoms with van der Waals surface area (Å²) < 4.78 is 1.77. The van der Waals surface area contributed by atoms with Gasteiger partial charge in [0.1, 0.15) is 11.5 Å². The summed E-state index contributed by atoms with van der Waals surface area (Å²) in [6, 6.07) is 18.2. The minimum Gasteiger partial charge on any atom is -0.395 e. The van der Waals surface area contributed by atoms with Gasteiger partial charge in [0.15, 0.2) is 11.5 Å². The number of non-ortho nitro benzene ring substituents is 1. The number of aromatic nitrogens is 3. The molecular weight excluding hydrogens is 384 g/mol. The largest absolute Gasteiger partial charge is 0.395 e. The van der Waals surface area contributed by atoms with E-state index in [0.29, 0.717) is 24.6 Å². The highest BCUT2D eigenvalue weighted by Gasteiger charge is 2.29. The molecular formula is C21H18N6O3. The number of rotatable bonds is 5. The van der Waals surface area contributed by atoms with E-state index in [9.17, 15) is 10.1 Å². The number of nitro groups is 1. The van der Waals surface area contributed by atoms with Crippen LogP contribution in [0.1, 0.15) is 5.56 Å². The van der Waals surface area contributed by atoms with Gasteiger partial charge in [-0.05, 0) is 29.8 Å². The lowest BCUT2D eigenvalue weighted by molar-refractivity contribution is -0.384. The van der Waals surface area contributed by atoms with Crippen LogP contribution in [0, 0.1) is 10.1 Å². The van der Waals surface area contributed by atoms with Crippen LogP contribution >= 0.6 is 0 Å². The molecule has 0 radical (unpaired) electrons. The lowest BCUT2D eigenvalue weighted by Crippen LogP contribution is -2.23. The Balaban J connectivity index is 1.69. The van der Waals surface area contributed by atoms with E-state index in [4.69, 9.17) is 10.1 Å². The third-order valence-corrected chi connectivity index (χ3v) is 5.10. The Labute approximate surface area is 171 Å². The fraction of sp³-hybridized carbons (Fsp3) is 0.143. The van der Waals surface area contributed by atoms with Crippen molar-refractivity contribution >= 4 is 28.7 Å². The smallest absolute Gasteiger partial charge is 0.269 e. The van der Waals surface area contributed by atoms with Gasteiger partial charge >= 0.3 is 0 Å². The zero-order chi connectivity index (χ0) is 20.7. The molecule has 2 N–H and O–H groups in total.